The minimum atomic E-state index is -1.07. The molecule has 0 aliphatic rings. The van der Waals surface area contributed by atoms with Crippen molar-refractivity contribution in [3.8, 4) is 0 Å². The number of nitrogens with two attached hydrogens (primary N) is 1. The van der Waals surface area contributed by atoms with E-state index in [1.807, 2.05) is 6.92 Å². The van der Waals surface area contributed by atoms with Crippen molar-refractivity contribution in [2.75, 3.05) is 12.4 Å². The number of benzene rings is 1. The SMILES string of the molecule is CCC(C)[C@H](N)C(=O)Nc1cc(C(=O)OC)c(F)cc1F. The zero-order chi connectivity index (χ0) is 16.2. The molecule has 1 aromatic rings. The van der Waals surface area contributed by atoms with Crippen molar-refractivity contribution in [1.29, 1.82) is 0 Å². The quantitative estimate of drug-likeness (QED) is 0.816. The summed E-state index contributed by atoms with van der Waals surface area (Å²) < 4.78 is 31.5. The molecule has 1 rings (SSSR count). The van der Waals surface area contributed by atoms with Crippen LogP contribution in [0.3, 0.4) is 0 Å². The Morgan fingerprint density at radius 1 is 1.33 bits per heavy atom. The number of ether oxygens (including phenoxy) is 1. The summed E-state index contributed by atoms with van der Waals surface area (Å²) in [7, 11) is 1.07. The molecule has 21 heavy (non-hydrogen) atoms. The van der Waals surface area contributed by atoms with Gasteiger partial charge in [0.1, 0.15) is 11.6 Å². The van der Waals surface area contributed by atoms with Gasteiger partial charge < -0.3 is 15.8 Å². The lowest BCUT2D eigenvalue weighted by Crippen LogP contribution is -2.40. The smallest absolute Gasteiger partial charge is 0.340 e. The van der Waals surface area contributed by atoms with Crippen LogP contribution in [0.15, 0.2) is 12.1 Å². The Labute approximate surface area is 121 Å². The van der Waals surface area contributed by atoms with Crippen molar-refractivity contribution in [3.05, 3.63) is 29.3 Å². The van der Waals surface area contributed by atoms with E-state index < -0.39 is 35.1 Å². The summed E-state index contributed by atoms with van der Waals surface area (Å²) in [6.45, 7) is 3.65. The standard InChI is InChI=1S/C14H18F2N2O3/c1-4-7(2)12(17)13(19)18-11-5-8(14(20)21-3)9(15)6-10(11)16/h5-7,12H,4,17H2,1-3H3,(H,18,19)/t7?,12-/m0/s1. The van der Waals surface area contributed by atoms with E-state index in [2.05, 4.69) is 10.1 Å². The van der Waals surface area contributed by atoms with Crippen LogP contribution >= 0.6 is 0 Å². The van der Waals surface area contributed by atoms with Crippen molar-refractivity contribution in [3.63, 3.8) is 0 Å². The first kappa shape index (κ1) is 17.0. The van der Waals surface area contributed by atoms with Crippen molar-refractivity contribution in [1.82, 2.24) is 0 Å². The van der Waals surface area contributed by atoms with Crippen LogP contribution in [0.4, 0.5) is 14.5 Å². The molecule has 0 spiro atoms. The minimum absolute atomic E-state index is 0.103. The van der Waals surface area contributed by atoms with E-state index in [1.54, 1.807) is 6.92 Å². The van der Waals surface area contributed by atoms with Gasteiger partial charge >= 0.3 is 5.97 Å². The van der Waals surface area contributed by atoms with Crippen molar-refractivity contribution >= 4 is 17.6 Å². The van der Waals surface area contributed by atoms with Gasteiger partial charge in [0.25, 0.3) is 0 Å². The molecule has 3 N–H and O–H groups in total. The zero-order valence-corrected chi connectivity index (χ0v) is 12.1. The number of hydrogen-bond acceptors (Lipinski definition) is 4. The summed E-state index contributed by atoms with van der Waals surface area (Å²) in [5, 5.41) is 2.26. The van der Waals surface area contributed by atoms with Crippen LogP contribution < -0.4 is 11.1 Å². The maximum absolute atomic E-state index is 13.7. The van der Waals surface area contributed by atoms with Gasteiger partial charge in [-0.25, -0.2) is 13.6 Å². The molecule has 5 nitrogen and oxygen atoms in total. The van der Waals surface area contributed by atoms with Gasteiger partial charge in [0.05, 0.1) is 24.4 Å². The van der Waals surface area contributed by atoms with Crippen LogP contribution in [0.25, 0.3) is 0 Å². The van der Waals surface area contributed by atoms with Crippen molar-refractivity contribution in [2.24, 2.45) is 11.7 Å². The molecule has 116 valence electrons. The molecule has 0 radical (unpaired) electrons. The maximum atomic E-state index is 13.7. The van der Waals surface area contributed by atoms with Gasteiger partial charge in [0.15, 0.2) is 0 Å². The number of halogens is 2. The van der Waals surface area contributed by atoms with Gasteiger partial charge in [-0.3, -0.25) is 4.79 Å². The summed E-state index contributed by atoms with van der Waals surface area (Å²) in [6.07, 6.45) is 0.675. The number of carbonyl (C=O) groups excluding carboxylic acids is 2. The van der Waals surface area contributed by atoms with E-state index in [0.29, 0.717) is 12.5 Å². The molecule has 0 bridgehead atoms. The maximum Gasteiger partial charge on any atom is 0.340 e. The topological polar surface area (TPSA) is 81.4 Å². The number of hydrogen-bond donors (Lipinski definition) is 2. The highest BCUT2D eigenvalue weighted by Crippen LogP contribution is 2.21. The summed E-state index contributed by atoms with van der Waals surface area (Å²) >= 11 is 0. The van der Waals surface area contributed by atoms with Gasteiger partial charge in [-0.2, -0.15) is 0 Å². The summed E-state index contributed by atoms with van der Waals surface area (Å²) in [4.78, 5) is 23.2. The van der Waals surface area contributed by atoms with E-state index in [4.69, 9.17) is 5.73 Å². The molecular formula is C14H18F2N2O3. The largest absolute Gasteiger partial charge is 0.465 e. The van der Waals surface area contributed by atoms with Crippen LogP contribution in [-0.2, 0) is 9.53 Å². The molecule has 0 saturated heterocycles. The Bertz CT molecular complexity index is 549. The third-order valence-corrected chi connectivity index (χ3v) is 3.28. The first-order chi connectivity index (χ1) is 9.81. The fourth-order valence-corrected chi connectivity index (χ4v) is 1.64. The molecule has 2 atom stereocenters. The molecule has 0 aliphatic carbocycles. The van der Waals surface area contributed by atoms with Crippen LogP contribution in [0.1, 0.15) is 30.6 Å². The molecule has 0 aliphatic heterocycles. The number of methoxy groups -OCH3 is 1. The van der Waals surface area contributed by atoms with E-state index in [9.17, 15) is 18.4 Å². The highest BCUT2D eigenvalue weighted by Gasteiger charge is 2.22. The normalized spacial score (nSPS) is 13.4. The summed E-state index contributed by atoms with van der Waals surface area (Å²) in [5.41, 5.74) is 4.94. The number of nitrogens with one attached hydrogen (secondary N) is 1. The molecule has 0 saturated carbocycles. The summed E-state index contributed by atoms with van der Waals surface area (Å²) in [5.74, 6) is -3.73. The lowest BCUT2D eigenvalue weighted by Gasteiger charge is -2.18. The average molecular weight is 300 g/mol. The molecule has 0 heterocycles. The van der Waals surface area contributed by atoms with Crippen LogP contribution in [0, 0.1) is 17.6 Å². The Balaban J connectivity index is 3.03. The minimum Gasteiger partial charge on any atom is -0.465 e. The Hall–Kier alpha value is -2.02. The third kappa shape index (κ3) is 3.98. The van der Waals surface area contributed by atoms with Gasteiger partial charge in [-0.05, 0) is 12.0 Å². The molecule has 1 unspecified atom stereocenters. The molecule has 7 heteroatoms. The van der Waals surface area contributed by atoms with E-state index >= 15 is 0 Å². The van der Waals surface area contributed by atoms with Crippen molar-refractivity contribution < 1.29 is 23.1 Å². The van der Waals surface area contributed by atoms with Gasteiger partial charge in [0, 0.05) is 6.07 Å². The van der Waals surface area contributed by atoms with Crippen molar-refractivity contribution in [2.45, 2.75) is 26.3 Å². The number of rotatable bonds is 5. The third-order valence-electron chi connectivity index (χ3n) is 3.28. The fraction of sp³-hybridized carbons (Fsp3) is 0.429. The van der Waals surface area contributed by atoms with Gasteiger partial charge in [-0.15, -0.1) is 0 Å². The highest BCUT2D eigenvalue weighted by molar-refractivity contribution is 5.97. The second kappa shape index (κ2) is 7.12. The average Bonchev–Trinajstić information content (AvgIpc) is 2.47. The molecule has 1 amide bonds. The molecular weight excluding hydrogens is 282 g/mol. The van der Waals surface area contributed by atoms with Gasteiger partial charge in [-0.1, -0.05) is 20.3 Å². The van der Waals surface area contributed by atoms with Gasteiger partial charge in [0.2, 0.25) is 5.91 Å². The van der Waals surface area contributed by atoms with Crippen LogP contribution in [-0.4, -0.2) is 25.0 Å². The molecule has 0 fully saturated rings. The Kier molecular flexibility index (Phi) is 5.78. The van der Waals surface area contributed by atoms with Crippen LogP contribution in [0.2, 0.25) is 0 Å². The molecule has 1 aromatic carbocycles. The second-order valence-electron chi connectivity index (χ2n) is 4.70. The first-order valence-electron chi connectivity index (χ1n) is 6.45. The first-order valence-corrected chi connectivity index (χ1v) is 6.45. The number of esters is 1. The highest BCUT2D eigenvalue weighted by atomic mass is 19.1. The van der Waals surface area contributed by atoms with E-state index in [-0.39, 0.29) is 11.6 Å². The Morgan fingerprint density at radius 2 is 1.95 bits per heavy atom. The lowest BCUT2D eigenvalue weighted by atomic mass is 9.99. The number of anilines is 1. The predicted molar refractivity (Wildman–Crippen MR) is 73.8 cm³/mol. The molecule has 0 aromatic heterocycles. The van der Waals surface area contributed by atoms with Crippen LogP contribution in [0.5, 0.6) is 0 Å². The monoisotopic (exact) mass is 300 g/mol. The number of amides is 1. The lowest BCUT2D eigenvalue weighted by molar-refractivity contribution is -0.118. The second-order valence-corrected chi connectivity index (χ2v) is 4.70. The van der Waals surface area contributed by atoms with E-state index in [0.717, 1.165) is 13.2 Å². The predicted octanol–water partition coefficient (Wildman–Crippen LogP) is 2.06. The summed E-state index contributed by atoms with van der Waals surface area (Å²) in [6, 6.07) is 0.565. The Morgan fingerprint density at radius 3 is 2.48 bits per heavy atom. The zero-order valence-electron chi connectivity index (χ0n) is 12.1. The fourth-order valence-electron chi connectivity index (χ4n) is 1.64. The van der Waals surface area contributed by atoms with E-state index in [1.165, 1.54) is 0 Å². The number of carbonyl (C=O) groups is 2.